The van der Waals surface area contributed by atoms with Gasteiger partial charge in [-0.25, -0.2) is 0 Å². The van der Waals surface area contributed by atoms with Crippen LogP contribution in [-0.4, -0.2) is 54.7 Å². The lowest BCUT2D eigenvalue weighted by atomic mass is 10.1. The molecule has 0 aliphatic heterocycles. The lowest BCUT2D eigenvalue weighted by Gasteiger charge is -2.01. The Hall–Kier alpha value is -1.63. The Morgan fingerprint density at radius 3 is 2.10 bits per heavy atom. The van der Waals surface area contributed by atoms with Gasteiger partial charge in [-0.05, 0) is 24.1 Å². The lowest BCUT2D eigenvalue weighted by molar-refractivity contribution is -0.136. The van der Waals surface area contributed by atoms with Crippen LogP contribution in [0.3, 0.4) is 0 Å². The van der Waals surface area contributed by atoms with Crippen LogP contribution in [0.1, 0.15) is 12.0 Å². The first-order valence-corrected chi connectivity index (χ1v) is 6.41. The number of ether oxygens (including phenoxy) is 1. The second kappa shape index (κ2) is 12.4. The topological polar surface area (TPSA) is 99.0 Å². The molecule has 0 radical (unpaired) electrons. The van der Waals surface area contributed by atoms with E-state index in [1.54, 1.807) is 7.11 Å². The van der Waals surface area contributed by atoms with E-state index in [9.17, 15) is 4.79 Å². The van der Waals surface area contributed by atoms with Crippen molar-refractivity contribution in [2.24, 2.45) is 0 Å². The van der Waals surface area contributed by atoms with Crippen LogP contribution in [-0.2, 0) is 11.2 Å². The first-order valence-electron chi connectivity index (χ1n) is 6.41. The molecule has 0 fully saturated rings. The number of rotatable bonds is 8. The van der Waals surface area contributed by atoms with E-state index in [1.165, 1.54) is 0 Å². The second-order valence-electron chi connectivity index (χ2n) is 3.94. The summed E-state index contributed by atoms with van der Waals surface area (Å²) in [6, 6.07) is 7.41. The van der Waals surface area contributed by atoms with Crippen molar-refractivity contribution in [3.63, 3.8) is 0 Å². The molecule has 0 bridgehead atoms. The monoisotopic (exact) mass is 285 g/mol. The zero-order chi connectivity index (χ0) is 15.2. The van der Waals surface area contributed by atoms with Crippen molar-refractivity contribution in [2.45, 2.75) is 12.8 Å². The number of aryl methyl sites for hydroxylation is 1. The zero-order valence-electron chi connectivity index (χ0n) is 11.7. The van der Waals surface area contributed by atoms with Gasteiger partial charge in [0.25, 0.3) is 0 Å². The van der Waals surface area contributed by atoms with Crippen molar-refractivity contribution in [2.75, 3.05) is 33.4 Å². The summed E-state index contributed by atoms with van der Waals surface area (Å²) in [6.07, 6.45) is 0.742. The van der Waals surface area contributed by atoms with Crippen LogP contribution in [0.5, 0.6) is 5.75 Å². The molecule has 0 saturated carbocycles. The van der Waals surface area contributed by atoms with Gasteiger partial charge in [0.2, 0.25) is 0 Å². The second-order valence-corrected chi connectivity index (χ2v) is 3.94. The van der Waals surface area contributed by atoms with E-state index in [0.29, 0.717) is 19.5 Å². The Labute approximate surface area is 119 Å². The van der Waals surface area contributed by atoms with Gasteiger partial charge in [-0.3, -0.25) is 4.79 Å². The van der Waals surface area contributed by atoms with Gasteiger partial charge < -0.3 is 25.4 Å². The fourth-order valence-corrected chi connectivity index (χ4v) is 1.33. The molecule has 6 heteroatoms. The van der Waals surface area contributed by atoms with Crippen LogP contribution in [0.2, 0.25) is 0 Å². The number of benzene rings is 1. The number of aliphatic carboxylic acids is 1. The molecule has 0 amide bonds. The minimum absolute atomic E-state index is 0.139. The molecule has 0 heterocycles. The van der Waals surface area contributed by atoms with Crippen LogP contribution in [0.25, 0.3) is 0 Å². The van der Waals surface area contributed by atoms with Gasteiger partial charge in [0.1, 0.15) is 5.75 Å². The molecular weight excluding hydrogens is 262 g/mol. The molecule has 0 spiro atoms. The summed E-state index contributed by atoms with van der Waals surface area (Å²) in [5.74, 6) is 0.0230. The van der Waals surface area contributed by atoms with Crippen LogP contribution in [0.15, 0.2) is 24.3 Å². The average molecular weight is 285 g/mol. The first-order chi connectivity index (χ1) is 9.63. The van der Waals surface area contributed by atoms with E-state index in [4.69, 9.17) is 20.1 Å². The quantitative estimate of drug-likeness (QED) is 0.512. The van der Waals surface area contributed by atoms with Crippen LogP contribution < -0.4 is 10.1 Å². The normalized spacial score (nSPS) is 9.55. The van der Waals surface area contributed by atoms with Crippen LogP contribution >= 0.6 is 0 Å². The summed E-state index contributed by atoms with van der Waals surface area (Å²) in [5, 5.41) is 27.5. The van der Waals surface area contributed by atoms with Crippen molar-refractivity contribution in [1.29, 1.82) is 0 Å². The fourth-order valence-electron chi connectivity index (χ4n) is 1.33. The standard InChI is InChI=1S/C10H12O3.C4H11NO2/c1-13-9-5-2-8(3-6-9)4-7-10(11)12;6-3-1-5-2-4-7/h2-3,5-6H,4,7H2,1H3,(H,11,12);5-7H,1-4H2. The Kier molecular flexibility index (Phi) is 11.4. The zero-order valence-corrected chi connectivity index (χ0v) is 11.7. The molecule has 114 valence electrons. The average Bonchev–Trinajstić information content (AvgIpc) is 2.47. The summed E-state index contributed by atoms with van der Waals surface area (Å²) >= 11 is 0. The van der Waals surface area contributed by atoms with Gasteiger partial charge in [-0.2, -0.15) is 0 Å². The Morgan fingerprint density at radius 1 is 1.15 bits per heavy atom. The van der Waals surface area contributed by atoms with Crippen molar-refractivity contribution < 1.29 is 24.9 Å². The Morgan fingerprint density at radius 2 is 1.70 bits per heavy atom. The van der Waals surface area contributed by atoms with Crippen LogP contribution in [0.4, 0.5) is 0 Å². The van der Waals surface area contributed by atoms with Crippen molar-refractivity contribution in [1.82, 2.24) is 5.32 Å². The maximum Gasteiger partial charge on any atom is 0.303 e. The summed E-state index contributed by atoms with van der Waals surface area (Å²) in [5.41, 5.74) is 1.02. The summed E-state index contributed by atoms with van der Waals surface area (Å²) in [4.78, 5) is 10.3. The molecule has 1 aromatic carbocycles. The molecule has 6 nitrogen and oxygen atoms in total. The molecule has 0 aliphatic rings. The largest absolute Gasteiger partial charge is 0.497 e. The number of carboxylic acids is 1. The number of nitrogens with one attached hydrogen (secondary N) is 1. The third-order valence-corrected chi connectivity index (χ3v) is 2.36. The van der Waals surface area contributed by atoms with E-state index < -0.39 is 5.97 Å². The van der Waals surface area contributed by atoms with Gasteiger partial charge in [-0.15, -0.1) is 0 Å². The number of hydrogen-bond donors (Lipinski definition) is 4. The third-order valence-electron chi connectivity index (χ3n) is 2.36. The van der Waals surface area contributed by atoms with Crippen molar-refractivity contribution in [3.8, 4) is 5.75 Å². The molecule has 1 rings (SSSR count). The first kappa shape index (κ1) is 18.4. The number of methoxy groups -OCH3 is 1. The van der Waals surface area contributed by atoms with E-state index in [1.807, 2.05) is 24.3 Å². The third kappa shape index (κ3) is 10.3. The van der Waals surface area contributed by atoms with Crippen molar-refractivity contribution >= 4 is 5.97 Å². The fraction of sp³-hybridized carbons (Fsp3) is 0.500. The van der Waals surface area contributed by atoms with Gasteiger partial charge in [0.05, 0.1) is 20.3 Å². The molecular formula is C14H23NO5. The predicted octanol–water partition coefficient (Wildman–Crippen LogP) is 0.273. The molecule has 0 aliphatic carbocycles. The maximum atomic E-state index is 10.3. The minimum Gasteiger partial charge on any atom is -0.497 e. The van der Waals surface area contributed by atoms with Gasteiger partial charge in [-0.1, -0.05) is 12.1 Å². The van der Waals surface area contributed by atoms with Gasteiger partial charge in [0.15, 0.2) is 0 Å². The highest BCUT2D eigenvalue weighted by atomic mass is 16.5. The molecule has 0 aromatic heterocycles. The molecule has 20 heavy (non-hydrogen) atoms. The molecule has 0 atom stereocenters. The SMILES string of the molecule is COc1ccc(CCC(=O)O)cc1.OCCNCCO. The summed E-state index contributed by atoms with van der Waals surface area (Å²) < 4.78 is 4.98. The molecule has 4 N–H and O–H groups in total. The summed E-state index contributed by atoms with van der Waals surface area (Å²) in [6.45, 7) is 1.42. The Bertz CT molecular complexity index is 349. The van der Waals surface area contributed by atoms with E-state index in [-0.39, 0.29) is 19.6 Å². The van der Waals surface area contributed by atoms with Gasteiger partial charge >= 0.3 is 5.97 Å². The molecule has 1 aromatic rings. The number of aliphatic hydroxyl groups excluding tert-OH is 2. The van der Waals surface area contributed by atoms with Crippen LogP contribution in [0, 0.1) is 0 Å². The molecule has 0 unspecified atom stereocenters. The van der Waals surface area contributed by atoms with E-state index in [2.05, 4.69) is 5.32 Å². The maximum absolute atomic E-state index is 10.3. The number of aliphatic hydroxyl groups is 2. The van der Waals surface area contributed by atoms with Crippen molar-refractivity contribution in [3.05, 3.63) is 29.8 Å². The summed E-state index contributed by atoms with van der Waals surface area (Å²) in [7, 11) is 1.60. The van der Waals surface area contributed by atoms with E-state index >= 15 is 0 Å². The highest BCUT2D eigenvalue weighted by Gasteiger charge is 1.98. The Balaban J connectivity index is 0.000000441. The lowest BCUT2D eigenvalue weighted by Crippen LogP contribution is -2.21. The highest BCUT2D eigenvalue weighted by molar-refractivity contribution is 5.67. The number of carboxylic acid groups (broad SMARTS) is 1. The highest BCUT2D eigenvalue weighted by Crippen LogP contribution is 2.12. The number of carbonyl (C=O) groups is 1. The van der Waals surface area contributed by atoms with E-state index in [0.717, 1.165) is 11.3 Å². The minimum atomic E-state index is -0.768. The predicted molar refractivity (Wildman–Crippen MR) is 76.0 cm³/mol. The molecule has 0 saturated heterocycles. The number of hydrogen-bond acceptors (Lipinski definition) is 5. The smallest absolute Gasteiger partial charge is 0.303 e. The van der Waals surface area contributed by atoms with Gasteiger partial charge in [0, 0.05) is 19.5 Å².